The summed E-state index contributed by atoms with van der Waals surface area (Å²) in [6.07, 6.45) is 1.02. The first kappa shape index (κ1) is 24.7. The van der Waals surface area contributed by atoms with Crippen LogP contribution in [0.15, 0.2) is 34.1 Å². The van der Waals surface area contributed by atoms with Gasteiger partial charge in [-0.15, -0.1) is 0 Å². The van der Waals surface area contributed by atoms with Crippen molar-refractivity contribution in [2.45, 2.75) is 64.7 Å². The maximum atomic E-state index is 13.2. The Morgan fingerprint density at radius 1 is 0.750 bits per heavy atom. The Labute approximate surface area is 193 Å². The molecule has 1 aliphatic rings. The van der Waals surface area contributed by atoms with Crippen molar-refractivity contribution in [3.05, 3.63) is 52.1 Å². The molecule has 2 aromatic rings. The molecule has 1 aliphatic heterocycles. The van der Waals surface area contributed by atoms with Crippen LogP contribution in [-0.2, 0) is 20.0 Å². The SMILES string of the molecule is Cc1c(C)c(C)c(S(=O)(=O)Nc2ccc(S(=O)(=O)N3C[C@H](C)C[C@@H](C)C3)cc2)c(C)c1C. The van der Waals surface area contributed by atoms with E-state index >= 15 is 0 Å². The van der Waals surface area contributed by atoms with E-state index in [-0.39, 0.29) is 9.79 Å². The van der Waals surface area contributed by atoms with Gasteiger partial charge in [-0.25, -0.2) is 16.8 Å². The molecule has 6 nitrogen and oxygen atoms in total. The predicted molar refractivity (Wildman–Crippen MR) is 129 cm³/mol. The Balaban J connectivity index is 1.89. The molecule has 2 atom stereocenters. The van der Waals surface area contributed by atoms with Gasteiger partial charge in [-0.1, -0.05) is 13.8 Å². The molecule has 0 bridgehead atoms. The third-order valence-electron chi connectivity index (χ3n) is 6.78. The van der Waals surface area contributed by atoms with Gasteiger partial charge >= 0.3 is 0 Å². The zero-order valence-corrected chi connectivity index (χ0v) is 21.6. The van der Waals surface area contributed by atoms with Crippen molar-refractivity contribution in [2.75, 3.05) is 17.8 Å². The quantitative estimate of drug-likeness (QED) is 0.675. The topological polar surface area (TPSA) is 83.5 Å². The molecule has 1 N–H and O–H groups in total. The van der Waals surface area contributed by atoms with E-state index in [4.69, 9.17) is 0 Å². The highest BCUT2D eigenvalue weighted by Gasteiger charge is 2.31. The zero-order chi connectivity index (χ0) is 24.0. The summed E-state index contributed by atoms with van der Waals surface area (Å²) in [6, 6.07) is 5.98. The highest BCUT2D eigenvalue weighted by molar-refractivity contribution is 7.92. The second-order valence-corrected chi connectivity index (χ2v) is 12.9. The van der Waals surface area contributed by atoms with E-state index in [1.54, 1.807) is 0 Å². The van der Waals surface area contributed by atoms with E-state index in [9.17, 15) is 16.8 Å². The molecule has 1 fully saturated rings. The number of rotatable bonds is 5. The maximum absolute atomic E-state index is 13.2. The van der Waals surface area contributed by atoms with Crippen LogP contribution in [0.1, 0.15) is 48.1 Å². The van der Waals surface area contributed by atoms with Crippen molar-refractivity contribution in [2.24, 2.45) is 11.8 Å². The number of hydrogen-bond acceptors (Lipinski definition) is 4. The Morgan fingerprint density at radius 2 is 1.19 bits per heavy atom. The average molecular weight is 479 g/mol. The molecule has 3 rings (SSSR count). The summed E-state index contributed by atoms with van der Waals surface area (Å²) >= 11 is 0. The van der Waals surface area contributed by atoms with Crippen molar-refractivity contribution in [3.63, 3.8) is 0 Å². The van der Waals surface area contributed by atoms with Gasteiger partial charge in [-0.05, 0) is 105 Å². The van der Waals surface area contributed by atoms with Crippen molar-refractivity contribution in [1.29, 1.82) is 0 Å². The maximum Gasteiger partial charge on any atom is 0.262 e. The van der Waals surface area contributed by atoms with Gasteiger partial charge in [0.1, 0.15) is 0 Å². The standard InChI is InChI=1S/C24H34N2O4S2/c1-15-12-16(2)14-26(13-15)32(29,30)23-10-8-22(9-11-23)25-31(27,28)24-20(6)18(4)17(3)19(5)21(24)7/h8-11,15-16,25H,12-14H2,1-7H3/t15-,16-/m1/s1. The van der Waals surface area contributed by atoms with E-state index in [1.807, 2.05) is 34.6 Å². The van der Waals surface area contributed by atoms with Crippen LogP contribution < -0.4 is 4.72 Å². The summed E-state index contributed by atoms with van der Waals surface area (Å²) in [5.41, 5.74) is 4.80. The molecule has 0 saturated carbocycles. The summed E-state index contributed by atoms with van der Waals surface area (Å²) in [5.74, 6) is 0.625. The van der Waals surface area contributed by atoms with Crippen LogP contribution >= 0.6 is 0 Å². The third-order valence-corrected chi connectivity index (χ3v) is 10.3. The first-order valence-electron chi connectivity index (χ1n) is 11.0. The fourth-order valence-electron chi connectivity index (χ4n) is 4.72. The Hall–Kier alpha value is -1.90. The molecule has 0 unspecified atom stereocenters. The van der Waals surface area contributed by atoms with Gasteiger partial charge in [0.15, 0.2) is 0 Å². The van der Waals surface area contributed by atoms with Gasteiger partial charge in [-0.2, -0.15) is 4.31 Å². The molecule has 2 aromatic carbocycles. The second-order valence-electron chi connectivity index (χ2n) is 9.35. The van der Waals surface area contributed by atoms with Crippen molar-refractivity contribution in [3.8, 4) is 0 Å². The molecule has 8 heteroatoms. The normalized spacial score (nSPS) is 20.3. The van der Waals surface area contributed by atoms with E-state index < -0.39 is 20.0 Å². The van der Waals surface area contributed by atoms with E-state index in [2.05, 4.69) is 18.6 Å². The molecule has 32 heavy (non-hydrogen) atoms. The summed E-state index contributed by atoms with van der Waals surface area (Å²) in [6.45, 7) is 14.6. The summed E-state index contributed by atoms with van der Waals surface area (Å²) < 4.78 is 56.8. The Morgan fingerprint density at radius 3 is 1.66 bits per heavy atom. The van der Waals surface area contributed by atoms with Crippen molar-refractivity contribution >= 4 is 25.7 Å². The summed E-state index contributed by atoms with van der Waals surface area (Å²) in [4.78, 5) is 0.460. The van der Waals surface area contributed by atoms with Crippen molar-refractivity contribution < 1.29 is 16.8 Å². The number of hydrogen-bond donors (Lipinski definition) is 1. The predicted octanol–water partition coefficient (Wildman–Crippen LogP) is 4.70. The number of nitrogens with one attached hydrogen (secondary N) is 1. The lowest BCUT2D eigenvalue weighted by atomic mass is 9.94. The lowest BCUT2D eigenvalue weighted by Gasteiger charge is -2.34. The van der Waals surface area contributed by atoms with Crippen molar-refractivity contribution in [1.82, 2.24) is 4.31 Å². The fourth-order valence-corrected chi connectivity index (χ4v) is 8.06. The fraction of sp³-hybridized carbons (Fsp3) is 0.500. The van der Waals surface area contributed by atoms with E-state index in [0.717, 1.165) is 34.2 Å². The highest BCUT2D eigenvalue weighted by atomic mass is 32.2. The minimum absolute atomic E-state index is 0.177. The van der Waals surface area contributed by atoms with Gasteiger partial charge < -0.3 is 0 Å². The van der Waals surface area contributed by atoms with Gasteiger partial charge in [0, 0.05) is 18.8 Å². The molecule has 0 spiro atoms. The molecule has 1 heterocycles. The monoisotopic (exact) mass is 478 g/mol. The van der Waals surface area contributed by atoms with E-state index in [1.165, 1.54) is 28.6 Å². The second kappa shape index (κ2) is 8.80. The lowest BCUT2D eigenvalue weighted by Crippen LogP contribution is -2.42. The first-order valence-corrected chi connectivity index (χ1v) is 13.9. The van der Waals surface area contributed by atoms with E-state index in [0.29, 0.717) is 30.6 Å². The van der Waals surface area contributed by atoms with Crippen LogP contribution in [0.25, 0.3) is 0 Å². The largest absolute Gasteiger partial charge is 0.280 e. The molecular formula is C24H34N2O4S2. The molecule has 1 saturated heterocycles. The summed E-state index contributed by atoms with van der Waals surface area (Å²) in [5, 5.41) is 0. The van der Waals surface area contributed by atoms with Crippen LogP contribution in [0.2, 0.25) is 0 Å². The number of anilines is 1. The molecule has 0 aromatic heterocycles. The average Bonchev–Trinajstić information content (AvgIpc) is 2.70. The van der Waals surface area contributed by atoms with Crippen LogP contribution in [-0.4, -0.2) is 34.2 Å². The third kappa shape index (κ3) is 4.58. The smallest absolute Gasteiger partial charge is 0.262 e. The highest BCUT2D eigenvalue weighted by Crippen LogP contribution is 2.31. The molecule has 176 valence electrons. The molecule has 0 radical (unpaired) electrons. The molecule has 0 amide bonds. The molecule has 0 aliphatic carbocycles. The van der Waals surface area contributed by atoms with Gasteiger partial charge in [-0.3, -0.25) is 4.72 Å². The lowest BCUT2D eigenvalue weighted by molar-refractivity contribution is 0.222. The van der Waals surface area contributed by atoms with Gasteiger partial charge in [0.05, 0.1) is 9.79 Å². The Bertz CT molecular complexity index is 1190. The molecular weight excluding hydrogens is 444 g/mol. The number of sulfonamides is 2. The van der Waals surface area contributed by atoms with Crippen LogP contribution in [0, 0.1) is 46.5 Å². The minimum atomic E-state index is -3.83. The van der Waals surface area contributed by atoms with Gasteiger partial charge in [0.25, 0.3) is 10.0 Å². The number of benzene rings is 2. The van der Waals surface area contributed by atoms with Gasteiger partial charge in [0.2, 0.25) is 10.0 Å². The van der Waals surface area contributed by atoms with Crippen LogP contribution in [0.4, 0.5) is 5.69 Å². The van der Waals surface area contributed by atoms with Crippen LogP contribution in [0.5, 0.6) is 0 Å². The summed E-state index contributed by atoms with van der Waals surface area (Å²) in [7, 11) is -7.44. The first-order chi connectivity index (χ1) is 14.8. The Kier molecular flexibility index (Phi) is 6.80. The minimum Gasteiger partial charge on any atom is -0.280 e. The van der Waals surface area contributed by atoms with Crippen LogP contribution in [0.3, 0.4) is 0 Å². The number of nitrogens with zero attached hydrogens (tertiary/aromatic N) is 1. The zero-order valence-electron chi connectivity index (χ0n) is 20.0. The number of piperidine rings is 1.